The highest BCUT2D eigenvalue weighted by Gasteiger charge is 2.33. The first kappa shape index (κ1) is 14.0. The third-order valence-electron chi connectivity index (χ3n) is 3.87. The highest BCUT2D eigenvalue weighted by Crippen LogP contribution is 2.37. The van der Waals surface area contributed by atoms with Crippen LogP contribution in [-0.4, -0.2) is 24.9 Å². The molecule has 0 spiro atoms. The number of hydrogen-bond acceptors (Lipinski definition) is 5. The van der Waals surface area contributed by atoms with Gasteiger partial charge < -0.3 is 5.73 Å². The van der Waals surface area contributed by atoms with Crippen LogP contribution in [0.1, 0.15) is 42.3 Å². The van der Waals surface area contributed by atoms with Crippen molar-refractivity contribution in [2.24, 2.45) is 11.7 Å². The van der Waals surface area contributed by atoms with Crippen molar-refractivity contribution in [1.29, 1.82) is 0 Å². The SMILES string of the molecule is Cc1ncsc1C(N)C1CCCC(S(C)(=O)=O)C1. The molecular formula is C12H20N2O2S2. The summed E-state index contributed by atoms with van der Waals surface area (Å²) in [4.78, 5) is 5.33. The molecule has 3 atom stereocenters. The highest BCUT2D eigenvalue weighted by molar-refractivity contribution is 7.91. The Balaban J connectivity index is 2.12. The summed E-state index contributed by atoms with van der Waals surface area (Å²) in [5.41, 5.74) is 9.08. The van der Waals surface area contributed by atoms with Gasteiger partial charge in [0.15, 0.2) is 0 Å². The Morgan fingerprint density at radius 2 is 2.22 bits per heavy atom. The normalized spacial score (nSPS) is 27.1. The zero-order chi connectivity index (χ0) is 13.3. The van der Waals surface area contributed by atoms with E-state index in [9.17, 15) is 8.42 Å². The summed E-state index contributed by atoms with van der Waals surface area (Å²) in [6.45, 7) is 1.96. The Hall–Kier alpha value is -0.460. The summed E-state index contributed by atoms with van der Waals surface area (Å²) in [6, 6.07) is -0.0675. The lowest BCUT2D eigenvalue weighted by molar-refractivity contribution is 0.310. The highest BCUT2D eigenvalue weighted by atomic mass is 32.2. The molecule has 2 rings (SSSR count). The van der Waals surface area contributed by atoms with E-state index in [0.29, 0.717) is 6.42 Å². The molecular weight excluding hydrogens is 268 g/mol. The van der Waals surface area contributed by atoms with Gasteiger partial charge in [-0.1, -0.05) is 6.42 Å². The average Bonchev–Trinajstić information content (AvgIpc) is 2.73. The Kier molecular flexibility index (Phi) is 4.08. The second-order valence-corrected chi connectivity index (χ2v) is 8.42. The largest absolute Gasteiger partial charge is 0.323 e. The van der Waals surface area contributed by atoms with Crippen LogP contribution >= 0.6 is 11.3 Å². The fraction of sp³-hybridized carbons (Fsp3) is 0.750. The third kappa shape index (κ3) is 2.92. The van der Waals surface area contributed by atoms with E-state index in [1.165, 1.54) is 6.26 Å². The number of thiazole rings is 1. The Morgan fingerprint density at radius 1 is 1.50 bits per heavy atom. The average molecular weight is 288 g/mol. The summed E-state index contributed by atoms with van der Waals surface area (Å²) in [5.74, 6) is 0.262. The van der Waals surface area contributed by atoms with Crippen molar-refractivity contribution in [2.75, 3.05) is 6.26 Å². The maximum Gasteiger partial charge on any atom is 0.150 e. The predicted molar refractivity (Wildman–Crippen MR) is 74.4 cm³/mol. The maximum absolute atomic E-state index is 11.7. The first-order chi connectivity index (χ1) is 8.39. The Labute approximate surface area is 113 Å². The first-order valence-corrected chi connectivity index (χ1v) is 9.07. The molecule has 1 aromatic rings. The summed E-state index contributed by atoms with van der Waals surface area (Å²) in [7, 11) is -2.94. The van der Waals surface area contributed by atoms with Crippen LogP contribution in [0.25, 0.3) is 0 Å². The molecule has 1 heterocycles. The van der Waals surface area contributed by atoms with Crippen molar-refractivity contribution in [3.05, 3.63) is 16.1 Å². The van der Waals surface area contributed by atoms with Gasteiger partial charge in [-0.25, -0.2) is 13.4 Å². The van der Waals surface area contributed by atoms with Gasteiger partial charge in [-0.05, 0) is 32.1 Å². The molecule has 1 aromatic heterocycles. The van der Waals surface area contributed by atoms with Crippen LogP contribution in [0.3, 0.4) is 0 Å². The molecule has 1 aliphatic rings. The van der Waals surface area contributed by atoms with E-state index >= 15 is 0 Å². The van der Waals surface area contributed by atoms with Crippen LogP contribution in [0.5, 0.6) is 0 Å². The maximum atomic E-state index is 11.7. The van der Waals surface area contributed by atoms with E-state index < -0.39 is 9.84 Å². The lowest BCUT2D eigenvalue weighted by atomic mass is 9.83. The predicted octanol–water partition coefficient (Wildman–Crippen LogP) is 2.05. The number of sulfone groups is 1. The molecule has 0 saturated heterocycles. The quantitative estimate of drug-likeness (QED) is 0.924. The van der Waals surface area contributed by atoms with Gasteiger partial charge in [0.25, 0.3) is 0 Å². The number of nitrogens with two attached hydrogens (primary N) is 1. The topological polar surface area (TPSA) is 73.0 Å². The molecule has 0 amide bonds. The van der Waals surface area contributed by atoms with Gasteiger partial charge in [0.2, 0.25) is 0 Å². The third-order valence-corrected chi connectivity index (χ3v) is 6.54. The monoisotopic (exact) mass is 288 g/mol. The van der Waals surface area contributed by atoms with E-state index in [1.54, 1.807) is 16.8 Å². The van der Waals surface area contributed by atoms with Gasteiger partial charge in [-0.2, -0.15) is 0 Å². The minimum Gasteiger partial charge on any atom is -0.323 e. The smallest absolute Gasteiger partial charge is 0.150 e. The second kappa shape index (κ2) is 5.27. The van der Waals surface area contributed by atoms with Gasteiger partial charge in [0.05, 0.1) is 16.5 Å². The minimum atomic E-state index is -2.94. The number of rotatable bonds is 3. The van der Waals surface area contributed by atoms with Crippen LogP contribution in [0.4, 0.5) is 0 Å². The molecule has 0 aliphatic heterocycles. The fourth-order valence-corrected chi connectivity index (χ4v) is 4.83. The van der Waals surface area contributed by atoms with Gasteiger partial charge in [0, 0.05) is 17.2 Å². The van der Waals surface area contributed by atoms with Crippen LogP contribution in [0, 0.1) is 12.8 Å². The molecule has 3 unspecified atom stereocenters. The first-order valence-electron chi connectivity index (χ1n) is 6.24. The molecule has 0 bridgehead atoms. The molecule has 6 heteroatoms. The van der Waals surface area contributed by atoms with Crippen molar-refractivity contribution < 1.29 is 8.42 Å². The van der Waals surface area contributed by atoms with E-state index in [1.807, 2.05) is 6.92 Å². The lowest BCUT2D eigenvalue weighted by Crippen LogP contribution is -2.32. The van der Waals surface area contributed by atoms with Crippen LogP contribution < -0.4 is 5.73 Å². The number of hydrogen-bond donors (Lipinski definition) is 1. The van der Waals surface area contributed by atoms with Crippen molar-refractivity contribution in [3.63, 3.8) is 0 Å². The van der Waals surface area contributed by atoms with Gasteiger partial charge in [-0.3, -0.25) is 0 Å². The van der Waals surface area contributed by atoms with E-state index in [2.05, 4.69) is 4.98 Å². The van der Waals surface area contributed by atoms with E-state index in [0.717, 1.165) is 29.8 Å². The second-order valence-electron chi connectivity index (χ2n) is 5.21. The Morgan fingerprint density at radius 3 is 2.78 bits per heavy atom. The number of nitrogens with zero attached hydrogens (tertiary/aromatic N) is 1. The zero-order valence-corrected chi connectivity index (χ0v) is 12.4. The molecule has 102 valence electrons. The molecule has 0 radical (unpaired) electrons. The molecule has 1 fully saturated rings. The van der Waals surface area contributed by atoms with Crippen LogP contribution in [0.2, 0.25) is 0 Å². The van der Waals surface area contributed by atoms with Crippen LogP contribution in [0.15, 0.2) is 5.51 Å². The molecule has 1 aliphatic carbocycles. The van der Waals surface area contributed by atoms with Crippen molar-refractivity contribution in [1.82, 2.24) is 4.98 Å². The van der Waals surface area contributed by atoms with E-state index in [4.69, 9.17) is 5.73 Å². The fourth-order valence-electron chi connectivity index (χ4n) is 2.74. The van der Waals surface area contributed by atoms with Crippen molar-refractivity contribution >= 4 is 21.2 Å². The van der Waals surface area contributed by atoms with Crippen molar-refractivity contribution in [3.8, 4) is 0 Å². The standard InChI is InChI=1S/C12H20N2O2S2/c1-8-12(17-7-14-8)11(13)9-4-3-5-10(6-9)18(2,15)16/h7,9-11H,3-6,13H2,1-2H3. The van der Waals surface area contributed by atoms with E-state index in [-0.39, 0.29) is 17.2 Å². The summed E-state index contributed by atoms with van der Waals surface area (Å²) in [5, 5.41) is -0.212. The van der Waals surface area contributed by atoms with Gasteiger partial charge >= 0.3 is 0 Å². The lowest BCUT2D eigenvalue weighted by Gasteiger charge is -2.31. The minimum absolute atomic E-state index is 0.0675. The molecule has 0 aromatic carbocycles. The molecule has 18 heavy (non-hydrogen) atoms. The number of aromatic nitrogens is 1. The van der Waals surface area contributed by atoms with Gasteiger partial charge in [-0.15, -0.1) is 11.3 Å². The Bertz CT molecular complexity index is 510. The summed E-state index contributed by atoms with van der Waals surface area (Å²) < 4.78 is 23.3. The molecule has 2 N–H and O–H groups in total. The van der Waals surface area contributed by atoms with Gasteiger partial charge in [0.1, 0.15) is 9.84 Å². The van der Waals surface area contributed by atoms with Crippen molar-refractivity contribution in [2.45, 2.75) is 43.9 Å². The molecule has 4 nitrogen and oxygen atoms in total. The van der Waals surface area contributed by atoms with Crippen LogP contribution in [-0.2, 0) is 9.84 Å². The summed E-state index contributed by atoms with van der Waals surface area (Å²) >= 11 is 1.57. The molecule has 1 saturated carbocycles. The zero-order valence-electron chi connectivity index (χ0n) is 10.8. The summed E-state index contributed by atoms with van der Waals surface area (Å²) in [6.07, 6.45) is 4.78. The number of aryl methyl sites for hydroxylation is 1.